The summed E-state index contributed by atoms with van der Waals surface area (Å²) in [6.45, 7) is 4.03. The van der Waals surface area contributed by atoms with E-state index in [0.29, 0.717) is 11.4 Å². The standard InChI is InChI=1S/C15H16BrFN2O/c1-10(2)19-9-11(16)8-14(19)15(20)18(3)13-6-4-12(17)5-7-13/h4-10H,1-3H3. The van der Waals surface area contributed by atoms with Gasteiger partial charge in [-0.3, -0.25) is 4.79 Å². The topological polar surface area (TPSA) is 25.2 Å². The zero-order chi connectivity index (χ0) is 14.9. The number of aromatic nitrogens is 1. The fourth-order valence-corrected chi connectivity index (χ4v) is 2.44. The van der Waals surface area contributed by atoms with E-state index >= 15 is 0 Å². The molecule has 20 heavy (non-hydrogen) atoms. The average molecular weight is 339 g/mol. The quantitative estimate of drug-likeness (QED) is 0.821. The lowest BCUT2D eigenvalue weighted by Crippen LogP contribution is -2.28. The minimum absolute atomic E-state index is 0.129. The second-order valence-electron chi connectivity index (χ2n) is 4.89. The second-order valence-corrected chi connectivity index (χ2v) is 5.80. The number of carbonyl (C=O) groups excluding carboxylic acids is 1. The molecule has 1 aromatic heterocycles. The van der Waals surface area contributed by atoms with Gasteiger partial charge in [0, 0.05) is 29.4 Å². The molecule has 2 rings (SSSR count). The molecule has 1 amide bonds. The van der Waals surface area contributed by atoms with Gasteiger partial charge in [0.05, 0.1) is 0 Å². The summed E-state index contributed by atoms with van der Waals surface area (Å²) >= 11 is 3.39. The Balaban J connectivity index is 2.33. The van der Waals surface area contributed by atoms with Crippen LogP contribution in [0.1, 0.15) is 30.4 Å². The summed E-state index contributed by atoms with van der Waals surface area (Å²) in [4.78, 5) is 14.1. The summed E-state index contributed by atoms with van der Waals surface area (Å²) in [5, 5.41) is 0. The fraction of sp³-hybridized carbons (Fsp3) is 0.267. The van der Waals surface area contributed by atoms with Crippen LogP contribution in [0.25, 0.3) is 0 Å². The molecule has 0 saturated heterocycles. The molecule has 1 heterocycles. The van der Waals surface area contributed by atoms with Crippen molar-refractivity contribution >= 4 is 27.5 Å². The summed E-state index contributed by atoms with van der Waals surface area (Å²) in [6, 6.07) is 7.84. The lowest BCUT2D eigenvalue weighted by Gasteiger charge is -2.19. The van der Waals surface area contributed by atoms with Gasteiger partial charge in [-0.25, -0.2) is 4.39 Å². The zero-order valence-electron chi connectivity index (χ0n) is 11.6. The van der Waals surface area contributed by atoms with Gasteiger partial charge in [0.2, 0.25) is 0 Å². The van der Waals surface area contributed by atoms with Gasteiger partial charge in [0.15, 0.2) is 0 Å². The normalized spacial score (nSPS) is 10.9. The number of anilines is 1. The van der Waals surface area contributed by atoms with E-state index in [4.69, 9.17) is 0 Å². The Labute approximate surface area is 126 Å². The minimum Gasteiger partial charge on any atom is -0.340 e. The average Bonchev–Trinajstić information content (AvgIpc) is 2.80. The molecule has 0 unspecified atom stereocenters. The highest BCUT2D eigenvalue weighted by Crippen LogP contribution is 2.22. The predicted octanol–water partition coefficient (Wildman–Crippen LogP) is 4.25. The Morgan fingerprint density at radius 2 is 1.90 bits per heavy atom. The van der Waals surface area contributed by atoms with Gasteiger partial charge in [-0.15, -0.1) is 0 Å². The molecule has 0 N–H and O–H groups in total. The van der Waals surface area contributed by atoms with Gasteiger partial charge in [0.1, 0.15) is 11.5 Å². The van der Waals surface area contributed by atoms with Crippen molar-refractivity contribution < 1.29 is 9.18 Å². The number of nitrogens with zero attached hydrogens (tertiary/aromatic N) is 2. The molecule has 0 spiro atoms. The van der Waals surface area contributed by atoms with Crippen molar-refractivity contribution in [3.63, 3.8) is 0 Å². The molecule has 2 aromatic rings. The van der Waals surface area contributed by atoms with Crippen LogP contribution >= 0.6 is 15.9 Å². The summed E-state index contributed by atoms with van der Waals surface area (Å²) in [6.07, 6.45) is 1.89. The summed E-state index contributed by atoms with van der Waals surface area (Å²) < 4.78 is 15.7. The number of halogens is 2. The van der Waals surface area contributed by atoms with E-state index in [-0.39, 0.29) is 17.8 Å². The van der Waals surface area contributed by atoms with E-state index in [1.165, 1.54) is 17.0 Å². The molecule has 1 aromatic carbocycles. The van der Waals surface area contributed by atoms with Gasteiger partial charge >= 0.3 is 0 Å². The van der Waals surface area contributed by atoms with E-state index in [0.717, 1.165) is 4.47 Å². The summed E-state index contributed by atoms with van der Waals surface area (Å²) in [7, 11) is 1.68. The van der Waals surface area contributed by atoms with Gasteiger partial charge in [-0.05, 0) is 60.1 Å². The molecule has 5 heteroatoms. The molecule has 3 nitrogen and oxygen atoms in total. The number of hydrogen-bond donors (Lipinski definition) is 0. The van der Waals surface area contributed by atoms with Crippen molar-refractivity contribution in [3.8, 4) is 0 Å². The SMILES string of the molecule is CC(C)n1cc(Br)cc1C(=O)N(C)c1ccc(F)cc1. The molecule has 0 aliphatic heterocycles. The van der Waals surface area contributed by atoms with Crippen LogP contribution in [0.2, 0.25) is 0 Å². The van der Waals surface area contributed by atoms with Crippen molar-refractivity contribution in [2.45, 2.75) is 19.9 Å². The van der Waals surface area contributed by atoms with Crippen molar-refractivity contribution in [2.24, 2.45) is 0 Å². The third-order valence-corrected chi connectivity index (χ3v) is 3.54. The maximum Gasteiger partial charge on any atom is 0.274 e. The van der Waals surface area contributed by atoms with Crippen LogP contribution in [0, 0.1) is 5.82 Å². The third-order valence-electron chi connectivity index (χ3n) is 3.11. The van der Waals surface area contributed by atoms with Crippen LogP contribution in [0.3, 0.4) is 0 Å². The zero-order valence-corrected chi connectivity index (χ0v) is 13.2. The Kier molecular flexibility index (Phi) is 4.28. The van der Waals surface area contributed by atoms with Gasteiger partial charge < -0.3 is 9.47 Å². The highest BCUT2D eigenvalue weighted by molar-refractivity contribution is 9.10. The fourth-order valence-electron chi connectivity index (χ4n) is 2.00. The second kappa shape index (κ2) is 5.79. The van der Waals surface area contributed by atoms with E-state index in [9.17, 15) is 9.18 Å². The molecule has 0 aliphatic rings. The Hall–Kier alpha value is -1.62. The van der Waals surface area contributed by atoms with Crippen LogP contribution in [0.5, 0.6) is 0 Å². The molecule has 0 radical (unpaired) electrons. The van der Waals surface area contributed by atoms with Crippen molar-refractivity contribution in [2.75, 3.05) is 11.9 Å². The molecule has 106 valence electrons. The van der Waals surface area contributed by atoms with Gasteiger partial charge in [-0.2, -0.15) is 0 Å². The lowest BCUT2D eigenvalue weighted by molar-refractivity contribution is 0.0982. The van der Waals surface area contributed by atoms with E-state index in [1.54, 1.807) is 25.2 Å². The lowest BCUT2D eigenvalue weighted by atomic mass is 10.2. The van der Waals surface area contributed by atoms with Crippen molar-refractivity contribution in [1.29, 1.82) is 0 Å². The van der Waals surface area contributed by atoms with Crippen molar-refractivity contribution in [1.82, 2.24) is 4.57 Å². The van der Waals surface area contributed by atoms with Crippen LogP contribution in [-0.4, -0.2) is 17.5 Å². The predicted molar refractivity (Wildman–Crippen MR) is 81.7 cm³/mol. The maximum absolute atomic E-state index is 12.9. The Bertz CT molecular complexity index is 619. The molecule has 0 saturated carbocycles. The molecule has 0 aliphatic carbocycles. The van der Waals surface area contributed by atoms with Crippen LogP contribution in [0.15, 0.2) is 41.0 Å². The van der Waals surface area contributed by atoms with Gasteiger partial charge in [0.25, 0.3) is 5.91 Å². The van der Waals surface area contributed by atoms with Gasteiger partial charge in [-0.1, -0.05) is 0 Å². The van der Waals surface area contributed by atoms with E-state index in [2.05, 4.69) is 15.9 Å². The smallest absolute Gasteiger partial charge is 0.274 e. The van der Waals surface area contributed by atoms with E-state index < -0.39 is 0 Å². The van der Waals surface area contributed by atoms with Crippen LogP contribution in [-0.2, 0) is 0 Å². The Morgan fingerprint density at radius 3 is 2.45 bits per heavy atom. The van der Waals surface area contributed by atoms with Crippen LogP contribution < -0.4 is 4.90 Å². The highest BCUT2D eigenvalue weighted by atomic mass is 79.9. The molecular formula is C15H16BrFN2O. The van der Waals surface area contributed by atoms with E-state index in [1.807, 2.05) is 24.6 Å². The first-order valence-electron chi connectivity index (χ1n) is 6.31. The number of carbonyl (C=O) groups is 1. The largest absolute Gasteiger partial charge is 0.340 e. The first kappa shape index (κ1) is 14.8. The maximum atomic E-state index is 12.9. The number of hydrogen-bond acceptors (Lipinski definition) is 1. The monoisotopic (exact) mass is 338 g/mol. The number of amides is 1. The van der Waals surface area contributed by atoms with Crippen LogP contribution in [0.4, 0.5) is 10.1 Å². The molecular weight excluding hydrogens is 323 g/mol. The summed E-state index contributed by atoms with van der Waals surface area (Å²) in [5.41, 5.74) is 1.25. The highest BCUT2D eigenvalue weighted by Gasteiger charge is 2.19. The third kappa shape index (κ3) is 2.93. The van der Waals surface area contributed by atoms with Crippen molar-refractivity contribution in [3.05, 3.63) is 52.5 Å². The Morgan fingerprint density at radius 1 is 1.30 bits per heavy atom. The minimum atomic E-state index is -0.317. The molecule has 0 atom stereocenters. The molecule has 0 fully saturated rings. The molecule has 0 bridgehead atoms. The first-order chi connectivity index (χ1) is 9.40. The first-order valence-corrected chi connectivity index (χ1v) is 7.10. The number of benzene rings is 1. The summed E-state index contributed by atoms with van der Waals surface area (Å²) in [5.74, 6) is -0.445. The number of rotatable bonds is 3.